The molecule has 20 heavy (non-hydrogen) atoms. The van der Waals surface area contributed by atoms with E-state index in [-0.39, 0.29) is 11.4 Å². The maximum Gasteiger partial charge on any atom is 0.252 e. The maximum atomic E-state index is 11.1. The Morgan fingerprint density at radius 3 is 2.65 bits per heavy atom. The second-order valence-electron chi connectivity index (χ2n) is 4.41. The molecule has 0 saturated heterocycles. The van der Waals surface area contributed by atoms with Gasteiger partial charge in [0.1, 0.15) is 5.82 Å². The smallest absolute Gasteiger partial charge is 0.252 e. The first-order chi connectivity index (χ1) is 9.65. The van der Waals surface area contributed by atoms with Crippen molar-refractivity contribution in [2.24, 2.45) is 5.73 Å². The Hall–Kier alpha value is -2.95. The average Bonchev–Trinajstić information content (AvgIpc) is 2.46. The lowest BCUT2D eigenvalue weighted by molar-refractivity contribution is 0.100. The van der Waals surface area contributed by atoms with E-state index in [2.05, 4.69) is 9.97 Å². The summed E-state index contributed by atoms with van der Waals surface area (Å²) in [5, 5.41) is 1.02. The van der Waals surface area contributed by atoms with E-state index in [0.717, 1.165) is 16.5 Å². The minimum Gasteiger partial charge on any atom is -0.383 e. The Bertz CT molecular complexity index is 814. The predicted molar refractivity (Wildman–Crippen MR) is 77.9 cm³/mol. The van der Waals surface area contributed by atoms with Gasteiger partial charge < -0.3 is 11.5 Å². The first-order valence-electron chi connectivity index (χ1n) is 6.06. The summed E-state index contributed by atoms with van der Waals surface area (Å²) < 4.78 is 0. The van der Waals surface area contributed by atoms with E-state index in [9.17, 15) is 4.79 Å². The topological polar surface area (TPSA) is 94.9 Å². The van der Waals surface area contributed by atoms with Crippen LogP contribution in [-0.4, -0.2) is 15.9 Å². The summed E-state index contributed by atoms with van der Waals surface area (Å²) in [5.41, 5.74) is 13.6. The number of hydrogen-bond acceptors (Lipinski definition) is 4. The van der Waals surface area contributed by atoms with Crippen molar-refractivity contribution in [1.29, 1.82) is 0 Å². The lowest BCUT2D eigenvalue weighted by Gasteiger charge is -2.06. The van der Waals surface area contributed by atoms with Crippen molar-refractivity contribution in [3.8, 4) is 11.3 Å². The molecule has 0 unspecified atom stereocenters. The number of nitrogen functional groups attached to an aromatic ring is 1. The second-order valence-corrected chi connectivity index (χ2v) is 4.41. The van der Waals surface area contributed by atoms with Gasteiger partial charge in [0, 0.05) is 17.1 Å². The number of anilines is 1. The third-order valence-electron chi connectivity index (χ3n) is 3.08. The van der Waals surface area contributed by atoms with Crippen molar-refractivity contribution in [2.45, 2.75) is 0 Å². The van der Waals surface area contributed by atoms with E-state index in [1.807, 2.05) is 30.3 Å². The van der Waals surface area contributed by atoms with Crippen LogP contribution in [0.5, 0.6) is 0 Å². The number of aromatic nitrogens is 2. The van der Waals surface area contributed by atoms with E-state index in [1.165, 1.54) is 0 Å². The van der Waals surface area contributed by atoms with Crippen molar-refractivity contribution in [1.82, 2.24) is 9.97 Å². The van der Waals surface area contributed by atoms with Crippen LogP contribution in [0.2, 0.25) is 0 Å². The molecule has 98 valence electrons. The number of hydrogen-bond donors (Lipinski definition) is 2. The van der Waals surface area contributed by atoms with Crippen LogP contribution in [0.25, 0.3) is 22.2 Å². The zero-order chi connectivity index (χ0) is 14.1. The molecule has 3 rings (SSSR count). The molecule has 0 aliphatic rings. The van der Waals surface area contributed by atoms with Gasteiger partial charge in [-0.15, -0.1) is 0 Å². The molecule has 0 aliphatic carbocycles. The van der Waals surface area contributed by atoms with Crippen molar-refractivity contribution in [3.05, 3.63) is 54.2 Å². The zero-order valence-corrected chi connectivity index (χ0v) is 10.6. The van der Waals surface area contributed by atoms with Crippen LogP contribution in [0.4, 0.5) is 5.82 Å². The van der Waals surface area contributed by atoms with E-state index in [4.69, 9.17) is 11.5 Å². The fourth-order valence-electron chi connectivity index (χ4n) is 2.06. The molecule has 0 spiro atoms. The van der Waals surface area contributed by atoms with Gasteiger partial charge in [-0.05, 0) is 24.3 Å². The van der Waals surface area contributed by atoms with Gasteiger partial charge in [-0.1, -0.05) is 18.2 Å². The van der Waals surface area contributed by atoms with Crippen LogP contribution in [0.1, 0.15) is 10.4 Å². The summed E-state index contributed by atoms with van der Waals surface area (Å²) in [5.74, 6) is -0.457. The molecule has 0 saturated carbocycles. The molecule has 0 bridgehead atoms. The minimum absolute atomic E-state index is 0.128. The van der Waals surface area contributed by atoms with Gasteiger partial charge in [0.25, 0.3) is 5.91 Å². The number of pyridine rings is 2. The third-order valence-corrected chi connectivity index (χ3v) is 3.08. The maximum absolute atomic E-state index is 11.1. The first kappa shape index (κ1) is 12.1. The van der Waals surface area contributed by atoms with Gasteiger partial charge in [0.05, 0.1) is 16.8 Å². The highest BCUT2D eigenvalue weighted by atomic mass is 16.1. The molecule has 5 nitrogen and oxygen atoms in total. The van der Waals surface area contributed by atoms with Gasteiger partial charge in [-0.2, -0.15) is 0 Å². The lowest BCUT2D eigenvalue weighted by atomic mass is 10.1. The van der Waals surface area contributed by atoms with E-state index in [0.29, 0.717) is 5.69 Å². The molecule has 0 atom stereocenters. The number of benzene rings is 1. The van der Waals surface area contributed by atoms with Crippen LogP contribution in [-0.2, 0) is 0 Å². The number of carbonyl (C=O) groups excluding carboxylic acids is 1. The normalized spacial score (nSPS) is 10.6. The highest BCUT2D eigenvalue weighted by Gasteiger charge is 2.09. The molecule has 2 aromatic heterocycles. The highest BCUT2D eigenvalue weighted by Crippen LogP contribution is 2.23. The van der Waals surface area contributed by atoms with E-state index < -0.39 is 5.91 Å². The van der Waals surface area contributed by atoms with Crippen LogP contribution in [0.3, 0.4) is 0 Å². The van der Waals surface area contributed by atoms with Gasteiger partial charge in [0.2, 0.25) is 0 Å². The number of rotatable bonds is 2. The quantitative estimate of drug-likeness (QED) is 0.739. The number of carbonyl (C=O) groups is 1. The average molecular weight is 264 g/mol. The number of nitrogens with zero attached hydrogens (tertiary/aromatic N) is 2. The van der Waals surface area contributed by atoms with Crippen LogP contribution in [0, 0.1) is 0 Å². The number of fused-ring (bicyclic) bond motifs is 1. The van der Waals surface area contributed by atoms with Crippen LogP contribution >= 0.6 is 0 Å². The summed E-state index contributed by atoms with van der Waals surface area (Å²) in [6.07, 6.45) is 1.73. The molecule has 1 amide bonds. The number of amides is 1. The first-order valence-corrected chi connectivity index (χ1v) is 6.06. The van der Waals surface area contributed by atoms with Gasteiger partial charge in [-0.3, -0.25) is 9.78 Å². The molecular formula is C15H12N4O. The molecule has 3 aromatic rings. The van der Waals surface area contributed by atoms with Crippen molar-refractivity contribution < 1.29 is 4.79 Å². The highest BCUT2D eigenvalue weighted by molar-refractivity contribution is 5.97. The number of nitrogens with two attached hydrogens (primary N) is 2. The summed E-state index contributed by atoms with van der Waals surface area (Å²) in [6, 6.07) is 13.1. The van der Waals surface area contributed by atoms with Crippen LogP contribution < -0.4 is 11.5 Å². The summed E-state index contributed by atoms with van der Waals surface area (Å²) in [7, 11) is 0. The molecule has 1 aromatic carbocycles. The summed E-state index contributed by atoms with van der Waals surface area (Å²) in [4.78, 5) is 19.7. The van der Waals surface area contributed by atoms with Gasteiger partial charge in [-0.25, -0.2) is 4.98 Å². The molecule has 0 radical (unpaired) electrons. The van der Waals surface area contributed by atoms with Crippen molar-refractivity contribution in [2.75, 3.05) is 5.73 Å². The second kappa shape index (κ2) is 4.62. The van der Waals surface area contributed by atoms with E-state index >= 15 is 0 Å². The Balaban J connectivity index is 2.11. The summed E-state index contributed by atoms with van der Waals surface area (Å²) in [6.45, 7) is 0. The number of primary amides is 1. The molecule has 5 heteroatoms. The summed E-state index contributed by atoms with van der Waals surface area (Å²) >= 11 is 0. The Morgan fingerprint density at radius 2 is 1.90 bits per heavy atom. The third kappa shape index (κ3) is 2.05. The Morgan fingerprint density at radius 1 is 1.10 bits per heavy atom. The molecule has 0 aliphatic heterocycles. The molecular weight excluding hydrogens is 252 g/mol. The van der Waals surface area contributed by atoms with Gasteiger partial charge in [0.15, 0.2) is 0 Å². The standard InChI is InChI=1S/C15H12N4O/c16-14-11(15(17)20)5-6-13(19-14)10-7-9-3-1-2-4-12(9)18-8-10/h1-8H,(H2,16,19)(H2,17,20). The fraction of sp³-hybridized carbons (Fsp3) is 0. The van der Waals surface area contributed by atoms with Crippen LogP contribution in [0.15, 0.2) is 48.7 Å². The molecule has 0 fully saturated rings. The SMILES string of the molecule is NC(=O)c1ccc(-c2cnc3ccccc3c2)nc1N. The van der Waals surface area contributed by atoms with E-state index in [1.54, 1.807) is 18.3 Å². The molecule has 4 N–H and O–H groups in total. The van der Waals surface area contributed by atoms with Crippen molar-refractivity contribution in [3.63, 3.8) is 0 Å². The Kier molecular flexibility index (Phi) is 2.80. The number of para-hydroxylation sites is 1. The monoisotopic (exact) mass is 264 g/mol. The van der Waals surface area contributed by atoms with Gasteiger partial charge >= 0.3 is 0 Å². The Labute approximate surface area is 115 Å². The predicted octanol–water partition coefficient (Wildman–Crippen LogP) is 1.98. The minimum atomic E-state index is -0.585. The zero-order valence-electron chi connectivity index (χ0n) is 10.6. The van der Waals surface area contributed by atoms with Crippen molar-refractivity contribution >= 4 is 22.6 Å². The largest absolute Gasteiger partial charge is 0.383 e. The molecule has 2 heterocycles. The fourth-order valence-corrected chi connectivity index (χ4v) is 2.06. The lowest BCUT2D eigenvalue weighted by Crippen LogP contribution is -2.14.